The molecule has 2 aliphatic rings. The average Bonchev–Trinajstić information content (AvgIpc) is 2.68. The Hall–Kier alpha value is -2.00. The molecule has 0 fully saturated rings. The number of aliphatic hydroxyl groups excluding tert-OH is 2. The third kappa shape index (κ3) is 2.14. The highest BCUT2D eigenvalue weighted by Crippen LogP contribution is 2.40. The molecule has 0 bridgehead atoms. The van der Waals surface area contributed by atoms with Crippen LogP contribution in [0.15, 0.2) is 64.6 Å². The molecule has 1 atom stereocenters. The van der Waals surface area contributed by atoms with E-state index in [-0.39, 0.29) is 17.4 Å². The molecule has 1 aromatic rings. The summed E-state index contributed by atoms with van der Waals surface area (Å²) in [5, 5.41) is 23.3. The molecule has 0 spiro atoms. The van der Waals surface area contributed by atoms with Crippen LogP contribution in [0, 0.1) is 0 Å². The molecule has 20 heavy (non-hydrogen) atoms. The lowest BCUT2D eigenvalue weighted by Crippen LogP contribution is -2.22. The predicted octanol–water partition coefficient (Wildman–Crippen LogP) is 3.35. The first-order valence-corrected chi connectivity index (χ1v) is 6.95. The minimum atomic E-state index is 0.0416. The third-order valence-electron chi connectivity index (χ3n) is 4.13. The fraction of sp³-hybridized carbons (Fsp3) is 0.294. The molecule has 0 saturated carbocycles. The zero-order valence-electron chi connectivity index (χ0n) is 11.6. The number of benzene rings is 1. The van der Waals surface area contributed by atoms with E-state index in [1.807, 2.05) is 25.1 Å². The molecule has 1 aliphatic carbocycles. The Kier molecular flexibility index (Phi) is 3.36. The van der Waals surface area contributed by atoms with Gasteiger partial charge in [-0.1, -0.05) is 36.4 Å². The van der Waals surface area contributed by atoms with E-state index in [1.54, 1.807) is 0 Å². The largest absolute Gasteiger partial charge is 0.508 e. The smallest absolute Gasteiger partial charge is 0.156 e. The monoisotopic (exact) mass is 269 g/mol. The van der Waals surface area contributed by atoms with Gasteiger partial charge in [0.25, 0.3) is 0 Å². The van der Waals surface area contributed by atoms with Gasteiger partial charge in [-0.15, -0.1) is 0 Å². The highest BCUT2D eigenvalue weighted by molar-refractivity contribution is 5.54. The highest BCUT2D eigenvalue weighted by atomic mass is 16.3. The summed E-state index contributed by atoms with van der Waals surface area (Å²) < 4.78 is 0. The third-order valence-corrected chi connectivity index (χ3v) is 4.13. The topological polar surface area (TPSA) is 52.5 Å². The molecular formula is C17H19NO2. The molecule has 1 aromatic carbocycles. The van der Waals surface area contributed by atoms with Gasteiger partial charge < -0.3 is 15.5 Å². The standard InChI is InChI=1S/C17H19NO2/c1-11-16-13(9-15(19)17(11)20)7-8-18-10-14(16)12-5-3-2-4-6-12/h2-7,14,18-20H,8-10H2,1H3. The minimum Gasteiger partial charge on any atom is -0.508 e. The lowest BCUT2D eigenvalue weighted by atomic mass is 9.79. The van der Waals surface area contributed by atoms with Gasteiger partial charge in [0, 0.05) is 25.4 Å². The quantitative estimate of drug-likeness (QED) is 0.733. The predicted molar refractivity (Wildman–Crippen MR) is 79.7 cm³/mol. The summed E-state index contributed by atoms with van der Waals surface area (Å²) in [6, 6.07) is 10.3. The van der Waals surface area contributed by atoms with E-state index < -0.39 is 0 Å². The van der Waals surface area contributed by atoms with Crippen molar-refractivity contribution in [2.45, 2.75) is 19.3 Å². The van der Waals surface area contributed by atoms with Crippen molar-refractivity contribution in [3.05, 3.63) is 70.2 Å². The Labute approximate surface area is 119 Å². The van der Waals surface area contributed by atoms with E-state index in [2.05, 4.69) is 23.5 Å². The van der Waals surface area contributed by atoms with Gasteiger partial charge >= 0.3 is 0 Å². The van der Waals surface area contributed by atoms with Crippen molar-refractivity contribution in [1.29, 1.82) is 0 Å². The van der Waals surface area contributed by atoms with Gasteiger partial charge in [0.15, 0.2) is 5.76 Å². The van der Waals surface area contributed by atoms with E-state index in [9.17, 15) is 10.2 Å². The molecule has 0 radical (unpaired) electrons. The summed E-state index contributed by atoms with van der Waals surface area (Å²) in [4.78, 5) is 0. The van der Waals surface area contributed by atoms with Crippen LogP contribution in [0.4, 0.5) is 0 Å². The van der Waals surface area contributed by atoms with Crippen LogP contribution in [-0.2, 0) is 0 Å². The Balaban J connectivity index is 2.14. The van der Waals surface area contributed by atoms with Gasteiger partial charge in [0.05, 0.1) is 0 Å². The fourth-order valence-corrected chi connectivity index (χ4v) is 3.11. The number of rotatable bonds is 1. The van der Waals surface area contributed by atoms with Crippen LogP contribution >= 0.6 is 0 Å². The Bertz CT molecular complexity index is 611. The van der Waals surface area contributed by atoms with Crippen molar-refractivity contribution >= 4 is 0 Å². The summed E-state index contributed by atoms with van der Waals surface area (Å²) in [6.07, 6.45) is 2.54. The van der Waals surface area contributed by atoms with E-state index in [0.717, 1.165) is 29.8 Å². The van der Waals surface area contributed by atoms with Crippen molar-refractivity contribution in [2.24, 2.45) is 0 Å². The van der Waals surface area contributed by atoms with Crippen molar-refractivity contribution in [3.63, 3.8) is 0 Å². The first-order chi connectivity index (χ1) is 9.68. The molecule has 104 valence electrons. The number of allylic oxidation sites excluding steroid dienone is 2. The zero-order valence-corrected chi connectivity index (χ0v) is 11.6. The van der Waals surface area contributed by atoms with Gasteiger partial charge in [-0.3, -0.25) is 0 Å². The van der Waals surface area contributed by atoms with Crippen LogP contribution in [0.25, 0.3) is 0 Å². The lowest BCUT2D eigenvalue weighted by Gasteiger charge is -2.27. The first kappa shape index (κ1) is 13.0. The maximum Gasteiger partial charge on any atom is 0.156 e. The summed E-state index contributed by atoms with van der Waals surface area (Å²) in [7, 11) is 0. The second-order valence-electron chi connectivity index (χ2n) is 5.36. The number of hydrogen-bond acceptors (Lipinski definition) is 3. The second kappa shape index (κ2) is 5.17. The summed E-state index contributed by atoms with van der Waals surface area (Å²) in [5.74, 6) is 0.325. The van der Waals surface area contributed by atoms with E-state index >= 15 is 0 Å². The van der Waals surface area contributed by atoms with E-state index in [0.29, 0.717) is 6.42 Å². The molecule has 1 aliphatic heterocycles. The molecule has 0 saturated heterocycles. The molecule has 1 heterocycles. The van der Waals surface area contributed by atoms with Crippen LogP contribution in [0.2, 0.25) is 0 Å². The normalized spacial score (nSPS) is 23.2. The van der Waals surface area contributed by atoms with Crippen molar-refractivity contribution < 1.29 is 10.2 Å². The minimum absolute atomic E-state index is 0.0416. The Morgan fingerprint density at radius 1 is 1.15 bits per heavy atom. The van der Waals surface area contributed by atoms with E-state index in [4.69, 9.17) is 0 Å². The zero-order chi connectivity index (χ0) is 14.1. The highest BCUT2D eigenvalue weighted by Gasteiger charge is 2.29. The van der Waals surface area contributed by atoms with Gasteiger partial charge in [-0.2, -0.15) is 0 Å². The van der Waals surface area contributed by atoms with Gasteiger partial charge in [0.1, 0.15) is 5.76 Å². The van der Waals surface area contributed by atoms with Crippen LogP contribution < -0.4 is 5.32 Å². The number of fused-ring (bicyclic) bond motifs is 1. The van der Waals surface area contributed by atoms with E-state index in [1.165, 1.54) is 5.56 Å². The second-order valence-corrected chi connectivity index (χ2v) is 5.36. The van der Waals surface area contributed by atoms with Crippen molar-refractivity contribution in [2.75, 3.05) is 13.1 Å². The average molecular weight is 269 g/mol. The van der Waals surface area contributed by atoms with Crippen LogP contribution in [0.5, 0.6) is 0 Å². The Morgan fingerprint density at radius 2 is 1.90 bits per heavy atom. The van der Waals surface area contributed by atoms with Gasteiger partial charge in [-0.25, -0.2) is 0 Å². The fourth-order valence-electron chi connectivity index (χ4n) is 3.11. The maximum atomic E-state index is 10.1. The van der Waals surface area contributed by atoms with Gasteiger partial charge in [0.2, 0.25) is 0 Å². The lowest BCUT2D eigenvalue weighted by molar-refractivity contribution is 0.319. The SMILES string of the molecule is CC1=C2C(=CCNCC2c2ccccc2)CC(O)=C1O. The molecule has 0 amide bonds. The maximum absolute atomic E-state index is 10.1. The molecule has 3 N–H and O–H groups in total. The molecule has 3 nitrogen and oxygen atoms in total. The number of hydrogen-bond donors (Lipinski definition) is 3. The summed E-state index contributed by atoms with van der Waals surface area (Å²) in [6.45, 7) is 3.52. The first-order valence-electron chi connectivity index (χ1n) is 6.95. The summed E-state index contributed by atoms with van der Waals surface area (Å²) in [5.41, 5.74) is 4.29. The molecule has 3 heteroatoms. The van der Waals surface area contributed by atoms with Crippen LogP contribution in [-0.4, -0.2) is 23.3 Å². The number of aliphatic hydroxyl groups is 2. The van der Waals surface area contributed by atoms with Crippen molar-refractivity contribution in [1.82, 2.24) is 5.32 Å². The van der Waals surface area contributed by atoms with Crippen LogP contribution in [0.1, 0.15) is 24.8 Å². The summed E-state index contributed by atoms with van der Waals surface area (Å²) >= 11 is 0. The van der Waals surface area contributed by atoms with Crippen molar-refractivity contribution in [3.8, 4) is 0 Å². The molecule has 1 unspecified atom stereocenters. The van der Waals surface area contributed by atoms with Gasteiger partial charge in [-0.05, 0) is 29.2 Å². The number of nitrogens with one attached hydrogen (secondary N) is 1. The van der Waals surface area contributed by atoms with Crippen LogP contribution in [0.3, 0.4) is 0 Å². The molecular weight excluding hydrogens is 250 g/mol. The molecule has 3 rings (SSSR count). The molecule has 0 aromatic heterocycles. The Morgan fingerprint density at radius 3 is 2.65 bits per heavy atom.